The Bertz CT molecular complexity index is 735. The molecule has 2 nitrogen and oxygen atoms in total. The van der Waals surface area contributed by atoms with Crippen LogP contribution in [-0.2, 0) is 6.18 Å². The standard InChI is InChI=1S/C13H7F3N2/c14-13(15,16)10-5-6-17-12-8-3-1-2-4-11(8)18-7-9(10)12/h1-7H. The number of benzene rings is 1. The zero-order valence-corrected chi connectivity index (χ0v) is 9.07. The van der Waals surface area contributed by atoms with Gasteiger partial charge in [0, 0.05) is 23.2 Å². The molecule has 3 rings (SSSR count). The maximum Gasteiger partial charge on any atom is 0.417 e. The Balaban J connectivity index is 2.48. The van der Waals surface area contributed by atoms with Crippen LogP contribution in [0.25, 0.3) is 21.8 Å². The van der Waals surface area contributed by atoms with E-state index in [2.05, 4.69) is 9.97 Å². The predicted octanol–water partition coefficient (Wildman–Crippen LogP) is 3.80. The quantitative estimate of drug-likeness (QED) is 0.565. The Morgan fingerprint density at radius 3 is 2.44 bits per heavy atom. The minimum absolute atomic E-state index is 0.0312. The highest BCUT2D eigenvalue weighted by atomic mass is 19.4. The van der Waals surface area contributed by atoms with Gasteiger partial charge in [-0.05, 0) is 12.1 Å². The third-order valence-corrected chi connectivity index (χ3v) is 2.79. The van der Waals surface area contributed by atoms with E-state index in [0.717, 1.165) is 6.07 Å². The molecule has 0 aliphatic rings. The largest absolute Gasteiger partial charge is 0.417 e. The highest BCUT2D eigenvalue weighted by Gasteiger charge is 2.32. The molecule has 0 saturated carbocycles. The topological polar surface area (TPSA) is 25.8 Å². The summed E-state index contributed by atoms with van der Waals surface area (Å²) in [7, 11) is 0. The molecular weight excluding hydrogens is 241 g/mol. The first kappa shape index (κ1) is 11.0. The first-order valence-corrected chi connectivity index (χ1v) is 5.27. The van der Waals surface area contributed by atoms with E-state index >= 15 is 0 Å². The number of hydrogen-bond donors (Lipinski definition) is 0. The van der Waals surface area contributed by atoms with Gasteiger partial charge in [-0.25, -0.2) is 0 Å². The first-order valence-electron chi connectivity index (χ1n) is 5.27. The fourth-order valence-corrected chi connectivity index (χ4v) is 1.99. The Kier molecular flexibility index (Phi) is 2.23. The summed E-state index contributed by atoms with van der Waals surface area (Å²) in [5, 5.41) is 0.657. The van der Waals surface area contributed by atoms with Crippen molar-refractivity contribution in [1.82, 2.24) is 9.97 Å². The van der Waals surface area contributed by atoms with Crippen molar-refractivity contribution in [3.63, 3.8) is 0 Å². The van der Waals surface area contributed by atoms with Crippen LogP contribution >= 0.6 is 0 Å². The van der Waals surface area contributed by atoms with Gasteiger partial charge >= 0.3 is 6.18 Å². The van der Waals surface area contributed by atoms with E-state index in [9.17, 15) is 13.2 Å². The van der Waals surface area contributed by atoms with Crippen molar-refractivity contribution in [1.29, 1.82) is 0 Å². The van der Waals surface area contributed by atoms with Crippen molar-refractivity contribution in [2.45, 2.75) is 6.18 Å². The zero-order valence-electron chi connectivity index (χ0n) is 9.07. The number of nitrogens with zero attached hydrogens (tertiary/aromatic N) is 2. The summed E-state index contributed by atoms with van der Waals surface area (Å²) in [6, 6.07) is 7.98. The number of pyridine rings is 2. The van der Waals surface area contributed by atoms with E-state index < -0.39 is 11.7 Å². The fraction of sp³-hybridized carbons (Fsp3) is 0.0769. The molecule has 2 aromatic heterocycles. The summed E-state index contributed by atoms with van der Waals surface area (Å²) in [4.78, 5) is 8.09. The van der Waals surface area contributed by atoms with Gasteiger partial charge in [-0.1, -0.05) is 18.2 Å². The van der Waals surface area contributed by atoms with Crippen LogP contribution in [0.5, 0.6) is 0 Å². The van der Waals surface area contributed by atoms with Crippen LogP contribution in [0.2, 0.25) is 0 Å². The van der Waals surface area contributed by atoms with Crippen molar-refractivity contribution in [3.05, 3.63) is 48.3 Å². The monoisotopic (exact) mass is 248 g/mol. The number of rotatable bonds is 0. The predicted molar refractivity (Wildman–Crippen MR) is 62.0 cm³/mol. The lowest BCUT2D eigenvalue weighted by Gasteiger charge is -2.10. The first-order chi connectivity index (χ1) is 8.57. The lowest BCUT2D eigenvalue weighted by Crippen LogP contribution is -2.06. The van der Waals surface area contributed by atoms with E-state index in [1.165, 1.54) is 12.4 Å². The molecule has 0 unspecified atom stereocenters. The van der Waals surface area contributed by atoms with Crippen molar-refractivity contribution < 1.29 is 13.2 Å². The molecule has 0 saturated heterocycles. The Labute approximate surface area is 100 Å². The van der Waals surface area contributed by atoms with Gasteiger partial charge in [-0.2, -0.15) is 13.2 Å². The van der Waals surface area contributed by atoms with Gasteiger partial charge in [0.05, 0.1) is 16.6 Å². The molecule has 0 fully saturated rings. The molecule has 5 heteroatoms. The van der Waals surface area contributed by atoms with Crippen LogP contribution in [0.3, 0.4) is 0 Å². The Morgan fingerprint density at radius 1 is 0.889 bits per heavy atom. The summed E-state index contributed by atoms with van der Waals surface area (Å²) < 4.78 is 38.6. The highest BCUT2D eigenvalue weighted by Crippen LogP contribution is 2.35. The second-order valence-electron chi connectivity index (χ2n) is 3.89. The maximum atomic E-state index is 12.9. The molecule has 0 amide bonds. The van der Waals surface area contributed by atoms with Crippen molar-refractivity contribution in [2.75, 3.05) is 0 Å². The molecule has 0 N–H and O–H groups in total. The highest BCUT2D eigenvalue weighted by molar-refractivity contribution is 6.03. The fourth-order valence-electron chi connectivity index (χ4n) is 1.99. The van der Waals surface area contributed by atoms with E-state index in [4.69, 9.17) is 0 Å². The van der Waals surface area contributed by atoms with Crippen LogP contribution < -0.4 is 0 Å². The van der Waals surface area contributed by atoms with Gasteiger partial charge in [0.2, 0.25) is 0 Å². The number of hydrogen-bond acceptors (Lipinski definition) is 2. The number of aromatic nitrogens is 2. The molecule has 0 aliphatic carbocycles. The molecule has 0 atom stereocenters. The summed E-state index contributed by atoms with van der Waals surface area (Å²) in [5.41, 5.74) is 0.262. The van der Waals surface area contributed by atoms with Crippen LogP contribution in [0, 0.1) is 0 Å². The Hall–Kier alpha value is -2.17. The van der Waals surface area contributed by atoms with Gasteiger partial charge < -0.3 is 0 Å². The van der Waals surface area contributed by atoms with Crippen molar-refractivity contribution in [2.24, 2.45) is 0 Å². The van der Waals surface area contributed by atoms with E-state index in [1.807, 2.05) is 0 Å². The normalized spacial score (nSPS) is 12.2. The lowest BCUT2D eigenvalue weighted by atomic mass is 10.1. The van der Waals surface area contributed by atoms with Crippen LogP contribution in [0.4, 0.5) is 13.2 Å². The number of alkyl halides is 3. The molecule has 0 bridgehead atoms. The maximum absolute atomic E-state index is 12.9. The van der Waals surface area contributed by atoms with Gasteiger partial charge in [0.1, 0.15) is 0 Å². The van der Waals surface area contributed by atoms with Crippen LogP contribution in [-0.4, -0.2) is 9.97 Å². The molecule has 18 heavy (non-hydrogen) atoms. The molecule has 0 aliphatic heterocycles. The molecule has 2 heterocycles. The van der Waals surface area contributed by atoms with E-state index in [0.29, 0.717) is 16.4 Å². The summed E-state index contributed by atoms with van der Waals surface area (Å²) in [5.74, 6) is 0. The third kappa shape index (κ3) is 1.59. The van der Waals surface area contributed by atoms with E-state index in [1.54, 1.807) is 24.3 Å². The van der Waals surface area contributed by atoms with Crippen molar-refractivity contribution in [3.8, 4) is 0 Å². The Morgan fingerprint density at radius 2 is 1.67 bits per heavy atom. The number of para-hydroxylation sites is 1. The molecule has 0 radical (unpaired) electrons. The summed E-state index contributed by atoms with van der Waals surface area (Å²) >= 11 is 0. The van der Waals surface area contributed by atoms with Gasteiger partial charge in [-0.15, -0.1) is 0 Å². The second-order valence-corrected chi connectivity index (χ2v) is 3.89. The minimum atomic E-state index is -4.40. The van der Waals surface area contributed by atoms with E-state index in [-0.39, 0.29) is 5.39 Å². The average molecular weight is 248 g/mol. The molecule has 3 aromatic rings. The van der Waals surface area contributed by atoms with Crippen LogP contribution in [0.15, 0.2) is 42.7 Å². The number of fused-ring (bicyclic) bond motifs is 3. The van der Waals surface area contributed by atoms with Crippen molar-refractivity contribution >= 4 is 21.8 Å². The average Bonchev–Trinajstić information content (AvgIpc) is 2.36. The third-order valence-electron chi connectivity index (χ3n) is 2.79. The lowest BCUT2D eigenvalue weighted by molar-refractivity contribution is -0.136. The SMILES string of the molecule is FC(F)(F)c1ccnc2c1cnc1ccccc12. The minimum Gasteiger partial charge on any atom is -0.255 e. The smallest absolute Gasteiger partial charge is 0.255 e. The molecule has 0 spiro atoms. The van der Waals surface area contributed by atoms with Gasteiger partial charge in [0.25, 0.3) is 0 Å². The van der Waals surface area contributed by atoms with Gasteiger partial charge in [0.15, 0.2) is 0 Å². The second kappa shape index (κ2) is 3.66. The number of halogens is 3. The van der Waals surface area contributed by atoms with Gasteiger partial charge in [-0.3, -0.25) is 9.97 Å². The molecular formula is C13H7F3N2. The summed E-state index contributed by atoms with van der Waals surface area (Å²) in [6.45, 7) is 0. The molecule has 1 aromatic carbocycles. The van der Waals surface area contributed by atoms with Crippen LogP contribution in [0.1, 0.15) is 5.56 Å². The molecule has 90 valence electrons. The zero-order chi connectivity index (χ0) is 12.8. The summed E-state index contributed by atoms with van der Waals surface area (Å²) in [6.07, 6.45) is -1.99.